The highest BCUT2D eigenvalue weighted by Crippen LogP contribution is 2.30. The van der Waals surface area contributed by atoms with E-state index in [9.17, 15) is 9.59 Å². The SMILES string of the molecule is CCCN1C(=O)CSC1=Nc1ccc2cc3ccc(N=C4SCC(=O)N4CCC)cc3nc2c1.Cl. The Balaban J connectivity index is 0.00000289. The lowest BCUT2D eigenvalue weighted by atomic mass is 10.1. The zero-order valence-corrected chi connectivity index (χ0v) is 22.0. The summed E-state index contributed by atoms with van der Waals surface area (Å²) in [6, 6.07) is 14.0. The Bertz CT molecular complexity index is 1260. The minimum Gasteiger partial charge on any atom is -0.291 e. The van der Waals surface area contributed by atoms with Crippen molar-refractivity contribution in [3.05, 3.63) is 42.5 Å². The molecule has 2 fully saturated rings. The first-order chi connectivity index (χ1) is 16.6. The highest BCUT2D eigenvalue weighted by molar-refractivity contribution is 8.15. The number of carbonyl (C=O) groups excluding carboxylic acids is 2. The van der Waals surface area contributed by atoms with Crippen molar-refractivity contribution in [2.45, 2.75) is 26.7 Å². The third kappa shape index (κ3) is 5.32. The fourth-order valence-corrected chi connectivity index (χ4v) is 5.86. The van der Waals surface area contributed by atoms with Gasteiger partial charge in [0, 0.05) is 23.9 Å². The molecule has 0 bridgehead atoms. The van der Waals surface area contributed by atoms with Crippen LogP contribution < -0.4 is 0 Å². The van der Waals surface area contributed by atoms with Crippen molar-refractivity contribution in [3.8, 4) is 0 Å². The average molecular weight is 528 g/mol. The predicted octanol–water partition coefficient (Wildman–Crippen LogP) is 5.76. The molecule has 2 saturated heterocycles. The Kier molecular flexibility index (Phi) is 7.98. The molecule has 2 aromatic carbocycles. The van der Waals surface area contributed by atoms with Crippen LogP contribution >= 0.6 is 35.9 Å². The largest absolute Gasteiger partial charge is 0.291 e. The number of hydrogen-bond acceptors (Lipinski definition) is 7. The van der Waals surface area contributed by atoms with Gasteiger partial charge in [-0.3, -0.25) is 19.4 Å². The molecule has 3 aromatic rings. The molecule has 10 heteroatoms. The van der Waals surface area contributed by atoms with Crippen LogP contribution in [0.15, 0.2) is 52.4 Å². The van der Waals surface area contributed by atoms with Crippen LogP contribution in [0.3, 0.4) is 0 Å². The molecule has 0 aliphatic carbocycles. The van der Waals surface area contributed by atoms with Gasteiger partial charge in [0.25, 0.3) is 0 Å². The van der Waals surface area contributed by atoms with Gasteiger partial charge < -0.3 is 0 Å². The summed E-state index contributed by atoms with van der Waals surface area (Å²) in [6.45, 7) is 5.49. The van der Waals surface area contributed by atoms with Crippen LogP contribution in [0, 0.1) is 0 Å². The van der Waals surface area contributed by atoms with Crippen LogP contribution in [0.4, 0.5) is 11.4 Å². The first-order valence-electron chi connectivity index (χ1n) is 11.4. The second-order valence-corrected chi connectivity index (χ2v) is 10.1. The number of fused-ring (bicyclic) bond motifs is 2. The van der Waals surface area contributed by atoms with E-state index in [0.29, 0.717) is 24.6 Å². The van der Waals surface area contributed by atoms with Gasteiger partial charge in [-0.15, -0.1) is 12.4 Å². The van der Waals surface area contributed by atoms with Gasteiger partial charge in [0.05, 0.1) is 33.9 Å². The quantitative estimate of drug-likeness (QED) is 0.381. The summed E-state index contributed by atoms with van der Waals surface area (Å²) >= 11 is 2.97. The first kappa shape index (κ1) is 25.5. The van der Waals surface area contributed by atoms with Crippen molar-refractivity contribution in [1.29, 1.82) is 0 Å². The molecule has 2 aliphatic rings. The van der Waals surface area contributed by atoms with Gasteiger partial charge >= 0.3 is 0 Å². The number of hydrogen-bond donors (Lipinski definition) is 0. The maximum atomic E-state index is 12.1. The first-order valence-corrected chi connectivity index (χ1v) is 13.4. The maximum absolute atomic E-state index is 12.1. The standard InChI is InChI=1S/C25H25N5O2S2.ClH/c1-3-9-29-22(31)14-33-24(29)26-18-7-5-16-11-17-6-8-19(13-21(17)28-20(16)12-18)27-25-30(10-4-2)23(32)15-34-25;/h5-8,11-13H,3-4,9-10,14-15H2,1-2H3;1H. The maximum Gasteiger partial charge on any atom is 0.239 e. The summed E-state index contributed by atoms with van der Waals surface area (Å²) in [5, 5.41) is 3.57. The van der Waals surface area contributed by atoms with Gasteiger partial charge in [-0.05, 0) is 43.2 Å². The Labute approximate surface area is 218 Å². The number of aliphatic imine (C=N–C) groups is 2. The van der Waals surface area contributed by atoms with E-state index in [4.69, 9.17) is 15.0 Å². The zero-order valence-electron chi connectivity index (χ0n) is 19.6. The van der Waals surface area contributed by atoms with Crippen LogP contribution in [0.2, 0.25) is 0 Å². The van der Waals surface area contributed by atoms with Crippen LogP contribution in [0.5, 0.6) is 0 Å². The monoisotopic (exact) mass is 527 g/mol. The predicted molar refractivity (Wildman–Crippen MR) is 150 cm³/mol. The zero-order chi connectivity index (χ0) is 23.7. The van der Waals surface area contributed by atoms with Crippen molar-refractivity contribution in [2.75, 3.05) is 24.6 Å². The van der Waals surface area contributed by atoms with Gasteiger partial charge in [0.1, 0.15) is 0 Å². The highest BCUT2D eigenvalue weighted by Gasteiger charge is 2.28. The van der Waals surface area contributed by atoms with Gasteiger partial charge in [0.2, 0.25) is 11.8 Å². The van der Waals surface area contributed by atoms with E-state index in [0.717, 1.165) is 56.4 Å². The number of thioether (sulfide) groups is 2. The number of aromatic nitrogens is 1. The van der Waals surface area contributed by atoms with E-state index in [1.54, 1.807) is 9.80 Å². The van der Waals surface area contributed by atoms with E-state index in [-0.39, 0.29) is 24.2 Å². The summed E-state index contributed by atoms with van der Waals surface area (Å²) in [4.78, 5) is 42.2. The number of amidine groups is 2. The number of halogens is 1. The minimum absolute atomic E-state index is 0. The molecule has 0 radical (unpaired) electrons. The molecule has 5 rings (SSSR count). The lowest BCUT2D eigenvalue weighted by molar-refractivity contribution is -0.124. The topological polar surface area (TPSA) is 78.2 Å². The fraction of sp³-hybridized carbons (Fsp3) is 0.320. The second kappa shape index (κ2) is 11.0. The number of carbonyl (C=O) groups is 2. The Morgan fingerprint density at radius 3 is 1.66 bits per heavy atom. The Morgan fingerprint density at radius 2 is 1.23 bits per heavy atom. The van der Waals surface area contributed by atoms with E-state index in [1.807, 2.05) is 36.4 Å². The van der Waals surface area contributed by atoms with Crippen LogP contribution in [0.1, 0.15) is 26.7 Å². The molecule has 0 spiro atoms. The summed E-state index contributed by atoms with van der Waals surface area (Å²) in [6.07, 6.45) is 1.79. The third-order valence-electron chi connectivity index (χ3n) is 5.64. The number of pyridine rings is 1. The van der Waals surface area contributed by atoms with E-state index < -0.39 is 0 Å². The molecule has 0 atom stereocenters. The number of nitrogens with zero attached hydrogens (tertiary/aromatic N) is 5. The molecule has 7 nitrogen and oxygen atoms in total. The van der Waals surface area contributed by atoms with Gasteiger partial charge in [-0.1, -0.05) is 49.5 Å². The van der Waals surface area contributed by atoms with Gasteiger partial charge in [-0.25, -0.2) is 15.0 Å². The van der Waals surface area contributed by atoms with Crippen LogP contribution in [-0.2, 0) is 9.59 Å². The smallest absolute Gasteiger partial charge is 0.239 e. The third-order valence-corrected chi connectivity index (χ3v) is 7.56. The molecule has 2 aliphatic heterocycles. The average Bonchev–Trinajstić information content (AvgIpc) is 3.35. The van der Waals surface area contributed by atoms with Crippen molar-refractivity contribution in [3.63, 3.8) is 0 Å². The molecule has 0 unspecified atom stereocenters. The number of rotatable bonds is 6. The summed E-state index contributed by atoms with van der Waals surface area (Å²) < 4.78 is 0. The molecule has 3 heterocycles. The fourth-order valence-electron chi connectivity index (χ4n) is 4.01. The molecular formula is C25H26ClN5O2S2. The number of amides is 2. The van der Waals surface area contributed by atoms with Crippen molar-refractivity contribution in [2.24, 2.45) is 9.98 Å². The lowest BCUT2D eigenvalue weighted by Gasteiger charge is -2.14. The Morgan fingerprint density at radius 1 is 0.771 bits per heavy atom. The molecule has 2 amide bonds. The highest BCUT2D eigenvalue weighted by atomic mass is 35.5. The minimum atomic E-state index is 0. The molecule has 35 heavy (non-hydrogen) atoms. The lowest BCUT2D eigenvalue weighted by Crippen LogP contribution is -2.30. The van der Waals surface area contributed by atoms with Gasteiger partial charge in [-0.2, -0.15) is 0 Å². The number of benzene rings is 2. The molecule has 0 N–H and O–H groups in total. The molecule has 1 aromatic heterocycles. The van der Waals surface area contributed by atoms with Gasteiger partial charge in [0.15, 0.2) is 10.3 Å². The normalized spacial score (nSPS) is 18.5. The van der Waals surface area contributed by atoms with E-state index in [2.05, 4.69) is 19.9 Å². The van der Waals surface area contributed by atoms with Crippen molar-refractivity contribution in [1.82, 2.24) is 14.8 Å². The summed E-state index contributed by atoms with van der Waals surface area (Å²) in [5.74, 6) is 1.12. The summed E-state index contributed by atoms with van der Waals surface area (Å²) in [5.41, 5.74) is 3.25. The van der Waals surface area contributed by atoms with E-state index in [1.165, 1.54) is 23.5 Å². The van der Waals surface area contributed by atoms with Crippen LogP contribution in [0.25, 0.3) is 21.8 Å². The molecule has 0 saturated carbocycles. The summed E-state index contributed by atoms with van der Waals surface area (Å²) in [7, 11) is 0. The molecular weight excluding hydrogens is 502 g/mol. The van der Waals surface area contributed by atoms with Crippen molar-refractivity contribution >= 4 is 91.3 Å². The second-order valence-electron chi connectivity index (χ2n) is 8.20. The molecule has 182 valence electrons. The van der Waals surface area contributed by atoms with Crippen LogP contribution in [-0.4, -0.2) is 61.5 Å². The Hall–Kier alpha value is -2.62. The van der Waals surface area contributed by atoms with E-state index >= 15 is 0 Å². The van der Waals surface area contributed by atoms with Crippen molar-refractivity contribution < 1.29 is 9.59 Å².